The summed E-state index contributed by atoms with van der Waals surface area (Å²) in [4.78, 5) is 16.0. The van der Waals surface area contributed by atoms with Gasteiger partial charge in [0.1, 0.15) is 13.6 Å². The zero-order chi connectivity index (χ0) is 9.82. The van der Waals surface area contributed by atoms with Gasteiger partial charge in [0.25, 0.3) is 0 Å². The average Bonchev–Trinajstić information content (AvgIpc) is 2.40. The first-order valence-electron chi connectivity index (χ1n) is 3.13. The topological polar surface area (TPSA) is 34.1 Å². The third kappa shape index (κ3) is 14.4. The van der Waals surface area contributed by atoms with Gasteiger partial charge in [0.15, 0.2) is 0 Å². The smallest absolute Gasteiger partial charge is 0.106 e. The number of rotatable bonds is 0. The first-order valence-corrected chi connectivity index (χ1v) is 3.57. The summed E-state index contributed by atoms with van der Waals surface area (Å²) in [6, 6.07) is 0. The molecule has 72 valence electrons. The summed E-state index contributed by atoms with van der Waals surface area (Å²) < 4.78 is 0. The number of hydrogen-bond donors (Lipinski definition) is 0. The summed E-state index contributed by atoms with van der Waals surface area (Å²) >= 11 is 5.71. The van der Waals surface area contributed by atoms with Crippen molar-refractivity contribution in [1.82, 2.24) is 0 Å². The Bertz CT molecular complexity index is 160. The van der Waals surface area contributed by atoms with Crippen LogP contribution < -0.4 is 0 Å². The van der Waals surface area contributed by atoms with Gasteiger partial charge in [-0.25, -0.2) is 0 Å². The minimum absolute atomic E-state index is 0. The summed E-state index contributed by atoms with van der Waals surface area (Å²) in [5.41, 5.74) is 0. The van der Waals surface area contributed by atoms with Gasteiger partial charge in [-0.1, -0.05) is 36.5 Å². The van der Waals surface area contributed by atoms with Crippen molar-refractivity contribution >= 4 is 25.2 Å². The van der Waals surface area contributed by atoms with Crippen LogP contribution in [0.25, 0.3) is 0 Å². The van der Waals surface area contributed by atoms with Crippen molar-refractivity contribution in [3.8, 4) is 0 Å². The normalized spacial score (nSPS) is 12.4. The maximum absolute atomic E-state index is 8.00. The zero-order valence-electron chi connectivity index (χ0n) is 7.06. The van der Waals surface area contributed by atoms with Gasteiger partial charge in [-0.05, 0) is 0 Å². The Kier molecular flexibility index (Phi) is 24.8. The van der Waals surface area contributed by atoms with E-state index in [1.165, 1.54) is 0 Å². The standard InChI is InChI=1S/C7H7Cl.2CH2O.Mo/c8-7-5-3-1-2-4-6-7;2*1-2;/h1-7H;2*1H2;. The van der Waals surface area contributed by atoms with Crippen LogP contribution in [0.4, 0.5) is 0 Å². The Morgan fingerprint density at radius 3 is 1.46 bits per heavy atom. The molecule has 0 saturated carbocycles. The Balaban J connectivity index is -0.000000178. The number of allylic oxidation sites excluding steroid dienone is 6. The number of carbonyl (C=O) groups excluding carboxylic acids is 2. The van der Waals surface area contributed by atoms with Gasteiger partial charge in [-0.15, -0.1) is 11.6 Å². The van der Waals surface area contributed by atoms with E-state index in [4.69, 9.17) is 21.2 Å². The van der Waals surface area contributed by atoms with E-state index in [1.807, 2.05) is 50.0 Å². The molecule has 0 bridgehead atoms. The molecule has 4 heteroatoms. The van der Waals surface area contributed by atoms with Crippen LogP contribution in [0.3, 0.4) is 0 Å². The van der Waals surface area contributed by atoms with Crippen molar-refractivity contribution in [2.24, 2.45) is 0 Å². The van der Waals surface area contributed by atoms with Gasteiger partial charge >= 0.3 is 0 Å². The fraction of sp³-hybridized carbons (Fsp3) is 0.111. The third-order valence-corrected chi connectivity index (χ3v) is 1.21. The molecule has 0 aliphatic heterocycles. The second-order valence-corrected chi connectivity index (χ2v) is 2.10. The Hall–Kier alpha value is -0.462. The van der Waals surface area contributed by atoms with Gasteiger partial charge in [-0.3, -0.25) is 0 Å². The Morgan fingerprint density at radius 2 is 1.15 bits per heavy atom. The molecule has 1 rings (SSSR count). The van der Waals surface area contributed by atoms with Crippen LogP contribution in [0, 0.1) is 0 Å². The van der Waals surface area contributed by atoms with E-state index in [0.717, 1.165) is 0 Å². The van der Waals surface area contributed by atoms with Gasteiger partial charge in [0.05, 0.1) is 5.38 Å². The van der Waals surface area contributed by atoms with Gasteiger partial charge in [0, 0.05) is 21.1 Å². The molecular weight excluding hydrogens is 271 g/mol. The molecule has 0 aromatic carbocycles. The minimum atomic E-state index is 0. The van der Waals surface area contributed by atoms with Gasteiger partial charge in [0.2, 0.25) is 0 Å². The van der Waals surface area contributed by atoms with E-state index in [2.05, 4.69) is 0 Å². The molecule has 0 atom stereocenters. The molecule has 0 aromatic heterocycles. The van der Waals surface area contributed by atoms with E-state index < -0.39 is 0 Å². The number of carbonyl (C=O) groups is 2. The van der Waals surface area contributed by atoms with Crippen LogP contribution in [0.2, 0.25) is 0 Å². The quantitative estimate of drug-likeness (QED) is 0.502. The predicted molar refractivity (Wildman–Crippen MR) is 51.3 cm³/mol. The van der Waals surface area contributed by atoms with E-state index in [1.54, 1.807) is 0 Å². The molecule has 0 fully saturated rings. The average molecular weight is 283 g/mol. The number of hydrogen-bond acceptors (Lipinski definition) is 2. The van der Waals surface area contributed by atoms with Crippen molar-refractivity contribution in [1.29, 1.82) is 0 Å². The summed E-state index contributed by atoms with van der Waals surface area (Å²) in [5, 5.41) is 0.0741. The van der Waals surface area contributed by atoms with Crippen molar-refractivity contribution in [3.05, 3.63) is 36.5 Å². The van der Waals surface area contributed by atoms with Crippen LogP contribution in [0.15, 0.2) is 36.5 Å². The van der Waals surface area contributed by atoms with Gasteiger partial charge < -0.3 is 9.59 Å². The second-order valence-electron chi connectivity index (χ2n) is 1.60. The molecule has 1 aliphatic carbocycles. The van der Waals surface area contributed by atoms with Crippen LogP contribution in [-0.2, 0) is 30.7 Å². The first kappa shape index (κ1) is 18.3. The molecule has 0 radical (unpaired) electrons. The Morgan fingerprint density at radius 1 is 0.846 bits per heavy atom. The Labute approximate surface area is 97.6 Å². The monoisotopic (exact) mass is 284 g/mol. The second kappa shape index (κ2) is 17.6. The summed E-state index contributed by atoms with van der Waals surface area (Å²) in [7, 11) is 0. The molecule has 0 aromatic rings. The van der Waals surface area contributed by atoms with Crippen LogP contribution >= 0.6 is 11.6 Å². The minimum Gasteiger partial charge on any atom is -0.307 e. The SMILES string of the molecule is C=O.C=O.ClC1C=CC=CC=C1.[Mo]. The summed E-state index contributed by atoms with van der Waals surface area (Å²) in [6.45, 7) is 4.00. The first-order chi connectivity index (χ1) is 5.89. The fourth-order valence-corrected chi connectivity index (χ4v) is 0.701. The van der Waals surface area contributed by atoms with Crippen LogP contribution in [0.5, 0.6) is 0 Å². The molecule has 0 N–H and O–H groups in total. The maximum Gasteiger partial charge on any atom is 0.106 e. The molecule has 0 unspecified atom stereocenters. The van der Waals surface area contributed by atoms with Crippen LogP contribution in [0.1, 0.15) is 0 Å². The van der Waals surface area contributed by atoms with Crippen molar-refractivity contribution in [2.75, 3.05) is 0 Å². The summed E-state index contributed by atoms with van der Waals surface area (Å²) in [6.07, 6.45) is 11.7. The largest absolute Gasteiger partial charge is 0.307 e. The van der Waals surface area contributed by atoms with Gasteiger partial charge in [-0.2, -0.15) is 0 Å². The molecule has 0 spiro atoms. The summed E-state index contributed by atoms with van der Waals surface area (Å²) in [5.74, 6) is 0. The van der Waals surface area contributed by atoms with E-state index in [0.29, 0.717) is 0 Å². The number of halogens is 1. The molecular formula is C9H11ClMoO2. The molecule has 1 aliphatic rings. The van der Waals surface area contributed by atoms with Crippen LogP contribution in [-0.4, -0.2) is 19.0 Å². The van der Waals surface area contributed by atoms with E-state index >= 15 is 0 Å². The molecule has 0 saturated heterocycles. The van der Waals surface area contributed by atoms with Crippen molar-refractivity contribution < 1.29 is 30.7 Å². The molecule has 0 heterocycles. The van der Waals surface area contributed by atoms with E-state index in [9.17, 15) is 0 Å². The number of alkyl halides is 1. The zero-order valence-corrected chi connectivity index (χ0v) is 9.82. The molecule has 0 amide bonds. The van der Waals surface area contributed by atoms with Crippen molar-refractivity contribution in [3.63, 3.8) is 0 Å². The predicted octanol–water partition coefficient (Wildman–Crippen LogP) is 1.90. The fourth-order valence-electron chi connectivity index (χ4n) is 0.533. The molecule has 2 nitrogen and oxygen atoms in total. The molecule has 13 heavy (non-hydrogen) atoms. The van der Waals surface area contributed by atoms with Crippen molar-refractivity contribution in [2.45, 2.75) is 5.38 Å². The van der Waals surface area contributed by atoms with E-state index in [-0.39, 0.29) is 26.4 Å². The third-order valence-electron chi connectivity index (χ3n) is 0.923. The maximum atomic E-state index is 8.00.